The van der Waals surface area contributed by atoms with Crippen LogP contribution in [0.4, 0.5) is 8.78 Å². The van der Waals surface area contributed by atoms with E-state index in [4.69, 9.17) is 5.84 Å². The van der Waals surface area contributed by atoms with Gasteiger partial charge in [0.15, 0.2) is 0 Å². The Kier molecular flexibility index (Phi) is 4.74. The van der Waals surface area contributed by atoms with Crippen LogP contribution < -0.4 is 11.3 Å². The number of carbonyl (C=O) groups excluding carboxylic acids is 1. The van der Waals surface area contributed by atoms with E-state index < -0.39 is 18.9 Å². The average molecular weight is 231 g/mol. The van der Waals surface area contributed by atoms with Gasteiger partial charge in [-0.05, 0) is 12.1 Å². The molecule has 1 amide bonds. The van der Waals surface area contributed by atoms with Gasteiger partial charge in [-0.25, -0.2) is 14.6 Å². The third-order valence-electron chi connectivity index (χ3n) is 1.71. The van der Waals surface area contributed by atoms with Gasteiger partial charge in [-0.3, -0.25) is 15.2 Å². The summed E-state index contributed by atoms with van der Waals surface area (Å²) in [7, 11) is 0. The molecule has 0 saturated heterocycles. The quantitative estimate of drug-likeness (QED) is 0.438. The molecule has 88 valence electrons. The number of hydrogen-bond donors (Lipinski definition) is 2. The van der Waals surface area contributed by atoms with Crippen LogP contribution in [0.5, 0.6) is 0 Å². The minimum atomic E-state index is -2.50. The standard InChI is InChI=1S/C9H11F2N3O2/c10-8(11)5-16-4-7-2-1-6(3-13-7)9(15)14-12/h1-3,8H,4-5,12H2,(H,14,15). The maximum absolute atomic E-state index is 11.7. The zero-order chi connectivity index (χ0) is 12.0. The number of ether oxygens (including phenoxy) is 1. The molecule has 7 heteroatoms. The fourth-order valence-electron chi connectivity index (χ4n) is 0.980. The number of aromatic nitrogens is 1. The van der Waals surface area contributed by atoms with Crippen LogP contribution in [0.15, 0.2) is 18.3 Å². The minimum Gasteiger partial charge on any atom is -0.369 e. The van der Waals surface area contributed by atoms with E-state index >= 15 is 0 Å². The first-order valence-electron chi connectivity index (χ1n) is 4.45. The largest absolute Gasteiger partial charge is 0.369 e. The van der Waals surface area contributed by atoms with Gasteiger partial charge in [0.05, 0.1) is 17.9 Å². The Morgan fingerprint density at radius 2 is 2.31 bits per heavy atom. The number of nitrogen functional groups attached to an aromatic ring is 1. The first-order chi connectivity index (χ1) is 7.63. The number of pyridine rings is 1. The number of alkyl halides is 2. The van der Waals surface area contributed by atoms with Crippen molar-refractivity contribution in [1.82, 2.24) is 10.4 Å². The van der Waals surface area contributed by atoms with Gasteiger partial charge >= 0.3 is 0 Å². The highest BCUT2D eigenvalue weighted by molar-refractivity contribution is 5.93. The van der Waals surface area contributed by atoms with Gasteiger partial charge in [-0.1, -0.05) is 0 Å². The molecule has 1 aromatic heterocycles. The molecule has 3 N–H and O–H groups in total. The topological polar surface area (TPSA) is 77.2 Å². The van der Waals surface area contributed by atoms with E-state index in [1.165, 1.54) is 18.3 Å². The average Bonchev–Trinajstić information content (AvgIpc) is 2.28. The van der Waals surface area contributed by atoms with E-state index in [1.54, 1.807) is 0 Å². The Morgan fingerprint density at radius 1 is 1.56 bits per heavy atom. The first-order valence-corrected chi connectivity index (χ1v) is 4.45. The highest BCUT2D eigenvalue weighted by atomic mass is 19.3. The summed E-state index contributed by atoms with van der Waals surface area (Å²) >= 11 is 0. The molecular formula is C9H11F2N3O2. The van der Waals surface area contributed by atoms with Crippen LogP contribution in [0, 0.1) is 0 Å². The Bertz CT molecular complexity index is 343. The second-order valence-corrected chi connectivity index (χ2v) is 2.92. The molecule has 0 aliphatic heterocycles. The summed E-state index contributed by atoms with van der Waals surface area (Å²) < 4.78 is 28.2. The Labute approximate surface area is 90.6 Å². The van der Waals surface area contributed by atoms with Gasteiger partial charge < -0.3 is 4.74 Å². The van der Waals surface area contributed by atoms with E-state index in [2.05, 4.69) is 9.72 Å². The lowest BCUT2D eigenvalue weighted by molar-refractivity contribution is 0.00883. The number of nitrogens with one attached hydrogen (secondary N) is 1. The van der Waals surface area contributed by atoms with Crippen molar-refractivity contribution in [2.45, 2.75) is 13.0 Å². The zero-order valence-corrected chi connectivity index (χ0v) is 8.32. The summed E-state index contributed by atoms with van der Waals surface area (Å²) in [6.07, 6.45) is -1.20. The Hall–Kier alpha value is -1.60. The van der Waals surface area contributed by atoms with Crippen molar-refractivity contribution in [1.29, 1.82) is 0 Å². The van der Waals surface area contributed by atoms with Crippen LogP contribution >= 0.6 is 0 Å². The molecule has 0 unspecified atom stereocenters. The SMILES string of the molecule is NNC(=O)c1ccc(COCC(F)F)nc1. The van der Waals surface area contributed by atoms with E-state index in [-0.39, 0.29) is 6.61 Å². The van der Waals surface area contributed by atoms with Crippen molar-refractivity contribution >= 4 is 5.91 Å². The lowest BCUT2D eigenvalue weighted by Crippen LogP contribution is -2.30. The first kappa shape index (κ1) is 12.5. The Balaban J connectivity index is 2.48. The van der Waals surface area contributed by atoms with E-state index in [1.807, 2.05) is 5.43 Å². The highest BCUT2D eigenvalue weighted by Crippen LogP contribution is 2.03. The van der Waals surface area contributed by atoms with Crippen LogP contribution in [-0.2, 0) is 11.3 Å². The van der Waals surface area contributed by atoms with Crippen molar-refractivity contribution in [2.75, 3.05) is 6.61 Å². The molecule has 1 aromatic rings. The van der Waals surface area contributed by atoms with E-state index in [0.29, 0.717) is 11.3 Å². The number of rotatable bonds is 5. The lowest BCUT2D eigenvalue weighted by Gasteiger charge is -2.03. The fourth-order valence-corrected chi connectivity index (χ4v) is 0.980. The second-order valence-electron chi connectivity index (χ2n) is 2.92. The van der Waals surface area contributed by atoms with Gasteiger partial charge in [-0.15, -0.1) is 0 Å². The number of nitrogens with two attached hydrogens (primary N) is 1. The van der Waals surface area contributed by atoms with E-state index in [9.17, 15) is 13.6 Å². The summed E-state index contributed by atoms with van der Waals surface area (Å²) in [6.45, 7) is -0.651. The maximum atomic E-state index is 11.7. The van der Waals surface area contributed by atoms with Gasteiger partial charge in [0.1, 0.15) is 6.61 Å². The lowest BCUT2D eigenvalue weighted by atomic mass is 10.2. The molecule has 0 bridgehead atoms. The number of hydrogen-bond acceptors (Lipinski definition) is 4. The van der Waals surface area contributed by atoms with Crippen molar-refractivity contribution in [3.8, 4) is 0 Å². The molecule has 0 atom stereocenters. The van der Waals surface area contributed by atoms with Crippen molar-refractivity contribution < 1.29 is 18.3 Å². The molecule has 1 rings (SSSR count). The summed E-state index contributed by atoms with van der Waals surface area (Å²) in [5.74, 6) is 4.46. The van der Waals surface area contributed by atoms with Crippen LogP contribution in [0.1, 0.15) is 16.1 Å². The fraction of sp³-hybridized carbons (Fsp3) is 0.333. The minimum absolute atomic E-state index is 0.0190. The van der Waals surface area contributed by atoms with Crippen LogP contribution in [0.3, 0.4) is 0 Å². The normalized spacial score (nSPS) is 10.5. The molecule has 0 aromatic carbocycles. The molecular weight excluding hydrogens is 220 g/mol. The van der Waals surface area contributed by atoms with Crippen molar-refractivity contribution in [3.63, 3.8) is 0 Å². The molecule has 0 aliphatic rings. The van der Waals surface area contributed by atoms with Crippen molar-refractivity contribution in [2.24, 2.45) is 5.84 Å². The van der Waals surface area contributed by atoms with Gasteiger partial charge in [-0.2, -0.15) is 0 Å². The molecule has 5 nitrogen and oxygen atoms in total. The molecule has 0 saturated carbocycles. The summed E-state index contributed by atoms with van der Waals surface area (Å²) in [6, 6.07) is 2.99. The summed E-state index contributed by atoms with van der Waals surface area (Å²) in [5, 5.41) is 0. The van der Waals surface area contributed by atoms with E-state index in [0.717, 1.165) is 0 Å². The number of halogens is 2. The highest BCUT2D eigenvalue weighted by Gasteiger charge is 2.05. The number of carbonyl (C=O) groups is 1. The van der Waals surface area contributed by atoms with Crippen LogP contribution in [0.25, 0.3) is 0 Å². The number of amides is 1. The maximum Gasteiger partial charge on any atom is 0.266 e. The smallest absolute Gasteiger partial charge is 0.266 e. The summed E-state index contributed by atoms with van der Waals surface area (Å²) in [5.41, 5.74) is 2.71. The third kappa shape index (κ3) is 3.87. The number of hydrazine groups is 1. The van der Waals surface area contributed by atoms with Gasteiger partial charge in [0.2, 0.25) is 0 Å². The molecule has 0 aliphatic carbocycles. The van der Waals surface area contributed by atoms with Crippen LogP contribution in [-0.4, -0.2) is 23.9 Å². The van der Waals surface area contributed by atoms with Gasteiger partial charge in [0.25, 0.3) is 12.3 Å². The molecule has 0 radical (unpaired) electrons. The zero-order valence-electron chi connectivity index (χ0n) is 8.32. The second kappa shape index (κ2) is 6.09. The molecule has 1 heterocycles. The van der Waals surface area contributed by atoms with Gasteiger partial charge in [0, 0.05) is 6.20 Å². The Morgan fingerprint density at radius 3 is 2.81 bits per heavy atom. The predicted molar refractivity (Wildman–Crippen MR) is 51.6 cm³/mol. The van der Waals surface area contributed by atoms with Crippen molar-refractivity contribution in [3.05, 3.63) is 29.6 Å². The monoisotopic (exact) mass is 231 g/mol. The number of nitrogens with zero attached hydrogens (tertiary/aromatic N) is 1. The third-order valence-corrected chi connectivity index (χ3v) is 1.71. The summed E-state index contributed by atoms with van der Waals surface area (Å²) in [4.78, 5) is 14.9. The molecule has 0 fully saturated rings. The molecule has 0 spiro atoms. The van der Waals surface area contributed by atoms with Crippen LogP contribution in [0.2, 0.25) is 0 Å². The molecule has 16 heavy (non-hydrogen) atoms. The predicted octanol–water partition coefficient (Wildman–Crippen LogP) is 0.467.